The summed E-state index contributed by atoms with van der Waals surface area (Å²) in [6.07, 6.45) is 0.623. The molecule has 0 aliphatic rings. The number of hydrogen-bond donors (Lipinski definition) is 1. The minimum atomic E-state index is -0.442. The first-order valence-electron chi connectivity index (χ1n) is 3.55. The highest BCUT2D eigenvalue weighted by Crippen LogP contribution is 1.99. The Morgan fingerprint density at radius 2 is 2.36 bits per heavy atom. The molecule has 0 bridgehead atoms. The second-order valence-electron chi connectivity index (χ2n) is 2.63. The van der Waals surface area contributed by atoms with Gasteiger partial charge < -0.3 is 5.73 Å². The fraction of sp³-hybridized carbons (Fsp3) is 0.375. The van der Waals surface area contributed by atoms with Crippen LogP contribution in [0.1, 0.15) is 12.6 Å². The van der Waals surface area contributed by atoms with Crippen molar-refractivity contribution in [1.29, 1.82) is 0 Å². The highest BCUT2D eigenvalue weighted by atomic mass is 19.1. The molecule has 0 radical (unpaired) electrons. The zero-order valence-electron chi connectivity index (χ0n) is 6.42. The third kappa shape index (κ3) is 2.63. The molecule has 11 heavy (non-hydrogen) atoms. The number of pyridine rings is 1. The van der Waals surface area contributed by atoms with Gasteiger partial charge in [0.15, 0.2) is 0 Å². The molecule has 0 saturated heterocycles. The van der Waals surface area contributed by atoms with Gasteiger partial charge in [-0.2, -0.15) is 4.39 Å². The molecule has 0 aliphatic carbocycles. The first-order chi connectivity index (χ1) is 5.18. The van der Waals surface area contributed by atoms with Gasteiger partial charge in [-0.25, -0.2) is 4.98 Å². The Hall–Kier alpha value is -0.960. The van der Waals surface area contributed by atoms with Gasteiger partial charge in [0.25, 0.3) is 0 Å². The molecule has 2 nitrogen and oxygen atoms in total. The Kier molecular flexibility index (Phi) is 2.54. The van der Waals surface area contributed by atoms with E-state index >= 15 is 0 Å². The summed E-state index contributed by atoms with van der Waals surface area (Å²) < 4.78 is 12.5. The molecule has 1 rings (SSSR count). The van der Waals surface area contributed by atoms with E-state index in [0.29, 0.717) is 12.1 Å². The molecule has 1 unspecified atom stereocenters. The zero-order chi connectivity index (χ0) is 8.27. The van der Waals surface area contributed by atoms with Crippen molar-refractivity contribution >= 4 is 0 Å². The number of hydrogen-bond acceptors (Lipinski definition) is 2. The molecule has 0 saturated carbocycles. The van der Waals surface area contributed by atoms with Gasteiger partial charge in [-0.05, 0) is 19.1 Å². The Labute approximate surface area is 65.3 Å². The van der Waals surface area contributed by atoms with Gasteiger partial charge in [0.05, 0.1) is 0 Å². The van der Waals surface area contributed by atoms with E-state index in [2.05, 4.69) is 4.98 Å². The molecule has 2 N–H and O–H groups in total. The van der Waals surface area contributed by atoms with E-state index in [1.165, 1.54) is 6.07 Å². The maximum Gasteiger partial charge on any atom is 0.213 e. The van der Waals surface area contributed by atoms with Crippen LogP contribution in [-0.4, -0.2) is 11.0 Å². The monoisotopic (exact) mass is 154 g/mol. The van der Waals surface area contributed by atoms with Crippen molar-refractivity contribution in [3.63, 3.8) is 0 Å². The summed E-state index contributed by atoms with van der Waals surface area (Å²) in [6.45, 7) is 1.87. The summed E-state index contributed by atoms with van der Waals surface area (Å²) in [4.78, 5) is 3.67. The number of nitrogens with zero attached hydrogens (tertiary/aromatic N) is 1. The first kappa shape index (κ1) is 8.14. The second kappa shape index (κ2) is 3.44. The summed E-state index contributed by atoms with van der Waals surface area (Å²) in [7, 11) is 0. The fourth-order valence-electron chi connectivity index (χ4n) is 0.894. The Morgan fingerprint density at radius 3 is 2.91 bits per heavy atom. The summed E-state index contributed by atoms with van der Waals surface area (Å²) in [5, 5.41) is 0. The van der Waals surface area contributed by atoms with Crippen LogP contribution < -0.4 is 5.73 Å². The average molecular weight is 154 g/mol. The lowest BCUT2D eigenvalue weighted by atomic mass is 10.2. The topological polar surface area (TPSA) is 38.9 Å². The van der Waals surface area contributed by atoms with Crippen LogP contribution in [0.25, 0.3) is 0 Å². The van der Waals surface area contributed by atoms with Crippen molar-refractivity contribution in [3.8, 4) is 0 Å². The normalized spacial score (nSPS) is 13.0. The van der Waals surface area contributed by atoms with Gasteiger partial charge in [0.2, 0.25) is 5.95 Å². The van der Waals surface area contributed by atoms with Crippen molar-refractivity contribution in [1.82, 2.24) is 4.98 Å². The van der Waals surface area contributed by atoms with Crippen molar-refractivity contribution in [2.45, 2.75) is 19.4 Å². The van der Waals surface area contributed by atoms with Gasteiger partial charge in [-0.3, -0.25) is 0 Å². The van der Waals surface area contributed by atoms with Crippen LogP contribution in [0.3, 0.4) is 0 Å². The molecule has 0 aromatic carbocycles. The smallest absolute Gasteiger partial charge is 0.213 e. The van der Waals surface area contributed by atoms with Gasteiger partial charge in [0, 0.05) is 18.2 Å². The van der Waals surface area contributed by atoms with Crippen LogP contribution >= 0.6 is 0 Å². The average Bonchev–Trinajstić information content (AvgIpc) is 1.85. The lowest BCUT2D eigenvalue weighted by molar-refractivity contribution is 0.571. The largest absolute Gasteiger partial charge is 0.328 e. The molecule has 0 aliphatic heterocycles. The molecule has 60 valence electrons. The number of halogens is 1. The maximum atomic E-state index is 12.5. The van der Waals surface area contributed by atoms with Crippen LogP contribution in [0.4, 0.5) is 4.39 Å². The molecular weight excluding hydrogens is 143 g/mol. The summed E-state index contributed by atoms with van der Waals surface area (Å²) in [5.41, 5.74) is 6.22. The van der Waals surface area contributed by atoms with E-state index in [0.717, 1.165) is 0 Å². The van der Waals surface area contributed by atoms with E-state index in [4.69, 9.17) is 5.73 Å². The second-order valence-corrected chi connectivity index (χ2v) is 2.63. The van der Waals surface area contributed by atoms with Crippen LogP contribution in [0.5, 0.6) is 0 Å². The van der Waals surface area contributed by atoms with Crippen LogP contribution in [0.15, 0.2) is 18.2 Å². The van der Waals surface area contributed by atoms with E-state index in [1.54, 1.807) is 12.1 Å². The molecule has 1 aromatic heterocycles. The van der Waals surface area contributed by atoms with E-state index in [9.17, 15) is 4.39 Å². The minimum Gasteiger partial charge on any atom is -0.328 e. The maximum absolute atomic E-state index is 12.5. The van der Waals surface area contributed by atoms with Gasteiger partial charge in [-0.1, -0.05) is 6.07 Å². The van der Waals surface area contributed by atoms with Crippen molar-refractivity contribution in [3.05, 3.63) is 29.8 Å². The standard InChI is InChI=1S/C8H11FN2/c1-6(10)5-7-3-2-4-8(9)11-7/h2-4,6H,5,10H2,1H3. The number of aromatic nitrogens is 1. The molecule has 1 heterocycles. The number of nitrogens with two attached hydrogens (primary N) is 1. The Morgan fingerprint density at radius 1 is 1.64 bits per heavy atom. The predicted octanol–water partition coefficient (Wildman–Crippen LogP) is 1.11. The predicted molar refractivity (Wildman–Crippen MR) is 41.5 cm³/mol. The van der Waals surface area contributed by atoms with E-state index in [1.807, 2.05) is 6.92 Å². The van der Waals surface area contributed by atoms with Gasteiger partial charge in [-0.15, -0.1) is 0 Å². The fourth-order valence-corrected chi connectivity index (χ4v) is 0.894. The molecule has 0 fully saturated rings. The van der Waals surface area contributed by atoms with Gasteiger partial charge in [0.1, 0.15) is 0 Å². The van der Waals surface area contributed by atoms with Crippen molar-refractivity contribution in [2.24, 2.45) is 5.73 Å². The van der Waals surface area contributed by atoms with Crippen LogP contribution in [-0.2, 0) is 6.42 Å². The van der Waals surface area contributed by atoms with Gasteiger partial charge >= 0.3 is 0 Å². The zero-order valence-corrected chi connectivity index (χ0v) is 6.42. The highest BCUT2D eigenvalue weighted by Gasteiger charge is 1.99. The van der Waals surface area contributed by atoms with Crippen molar-refractivity contribution in [2.75, 3.05) is 0 Å². The van der Waals surface area contributed by atoms with E-state index in [-0.39, 0.29) is 6.04 Å². The lowest BCUT2D eigenvalue weighted by Crippen LogP contribution is -2.18. The third-order valence-corrected chi connectivity index (χ3v) is 1.30. The molecule has 0 spiro atoms. The third-order valence-electron chi connectivity index (χ3n) is 1.30. The molecule has 1 atom stereocenters. The summed E-state index contributed by atoms with van der Waals surface area (Å²) >= 11 is 0. The summed E-state index contributed by atoms with van der Waals surface area (Å²) in [5.74, 6) is -0.442. The van der Waals surface area contributed by atoms with Crippen LogP contribution in [0.2, 0.25) is 0 Å². The Balaban J connectivity index is 2.71. The van der Waals surface area contributed by atoms with E-state index < -0.39 is 5.95 Å². The first-order valence-corrected chi connectivity index (χ1v) is 3.55. The highest BCUT2D eigenvalue weighted by molar-refractivity contribution is 5.05. The van der Waals surface area contributed by atoms with Crippen molar-refractivity contribution < 1.29 is 4.39 Å². The van der Waals surface area contributed by atoms with Crippen LogP contribution in [0, 0.1) is 5.95 Å². The molecule has 0 amide bonds. The Bertz CT molecular complexity index is 235. The molecule has 3 heteroatoms. The minimum absolute atomic E-state index is 0.0318. The molecule has 1 aromatic rings. The number of rotatable bonds is 2. The SMILES string of the molecule is CC(N)Cc1cccc(F)n1. The lowest BCUT2D eigenvalue weighted by Gasteiger charge is -2.02. The quantitative estimate of drug-likeness (QED) is 0.648. The summed E-state index contributed by atoms with van der Waals surface area (Å²) in [6, 6.07) is 4.77. The molecular formula is C8H11FN2.